The van der Waals surface area contributed by atoms with E-state index in [4.69, 9.17) is 4.74 Å². The second-order valence-electron chi connectivity index (χ2n) is 7.67. The molecule has 0 aliphatic carbocycles. The lowest BCUT2D eigenvalue weighted by molar-refractivity contribution is 0.0374. The molecule has 6 heteroatoms. The van der Waals surface area contributed by atoms with Gasteiger partial charge < -0.3 is 15.2 Å². The maximum Gasteiger partial charge on any atom is 0.251 e. The highest BCUT2D eigenvalue weighted by molar-refractivity contribution is 5.95. The molecule has 1 aromatic carbocycles. The van der Waals surface area contributed by atoms with Crippen LogP contribution in [0, 0.1) is 0 Å². The van der Waals surface area contributed by atoms with Crippen molar-refractivity contribution >= 4 is 5.91 Å². The Hall–Kier alpha value is -2.28. The first-order valence-corrected chi connectivity index (χ1v) is 9.80. The van der Waals surface area contributed by atoms with Crippen LogP contribution < -0.4 is 5.32 Å². The van der Waals surface area contributed by atoms with Crippen LogP contribution in [0.3, 0.4) is 0 Å². The molecule has 150 valence electrons. The third-order valence-corrected chi connectivity index (χ3v) is 4.94. The van der Waals surface area contributed by atoms with Gasteiger partial charge in [-0.05, 0) is 50.6 Å². The van der Waals surface area contributed by atoms with Crippen LogP contribution in [0.5, 0.6) is 0 Å². The van der Waals surface area contributed by atoms with Crippen molar-refractivity contribution in [2.45, 2.75) is 25.9 Å². The summed E-state index contributed by atoms with van der Waals surface area (Å²) in [5, 5.41) is 13.2. The molecule has 0 radical (unpaired) electrons. The molecule has 1 aromatic heterocycles. The van der Waals surface area contributed by atoms with Crippen molar-refractivity contribution in [2.75, 3.05) is 39.4 Å². The zero-order valence-corrected chi connectivity index (χ0v) is 16.6. The molecule has 28 heavy (non-hydrogen) atoms. The number of amides is 1. The van der Waals surface area contributed by atoms with Crippen LogP contribution in [0.25, 0.3) is 11.1 Å². The van der Waals surface area contributed by atoms with Crippen molar-refractivity contribution in [3.05, 3.63) is 53.9 Å². The van der Waals surface area contributed by atoms with Gasteiger partial charge in [-0.1, -0.05) is 12.1 Å². The normalized spacial score (nSPS) is 15.4. The van der Waals surface area contributed by atoms with Gasteiger partial charge in [0.1, 0.15) is 0 Å². The summed E-state index contributed by atoms with van der Waals surface area (Å²) in [6.45, 7) is 8.60. The number of nitrogens with zero attached hydrogens (tertiary/aromatic N) is 2. The third-order valence-electron chi connectivity index (χ3n) is 4.94. The van der Waals surface area contributed by atoms with Gasteiger partial charge in [0.05, 0.1) is 18.8 Å². The van der Waals surface area contributed by atoms with Gasteiger partial charge in [0.2, 0.25) is 0 Å². The zero-order chi connectivity index (χ0) is 20.0. The molecule has 1 amide bonds. The molecule has 1 fully saturated rings. The Balaban J connectivity index is 1.59. The highest BCUT2D eigenvalue weighted by atomic mass is 16.5. The van der Waals surface area contributed by atoms with Crippen molar-refractivity contribution in [1.82, 2.24) is 15.2 Å². The van der Waals surface area contributed by atoms with Crippen molar-refractivity contribution in [3.63, 3.8) is 0 Å². The number of rotatable bonds is 7. The second kappa shape index (κ2) is 9.28. The van der Waals surface area contributed by atoms with Crippen LogP contribution in [0.15, 0.2) is 42.7 Å². The van der Waals surface area contributed by atoms with E-state index in [0.29, 0.717) is 12.1 Å². The molecule has 1 saturated heterocycles. The zero-order valence-electron chi connectivity index (χ0n) is 16.6. The Bertz CT molecular complexity index is 796. The number of benzene rings is 1. The second-order valence-corrected chi connectivity index (χ2v) is 7.67. The van der Waals surface area contributed by atoms with E-state index in [9.17, 15) is 9.90 Å². The molecule has 2 heterocycles. The first kappa shape index (κ1) is 20.5. The lowest BCUT2D eigenvalue weighted by atomic mass is 9.96. The van der Waals surface area contributed by atoms with Gasteiger partial charge in [0.25, 0.3) is 5.91 Å². The minimum atomic E-state index is -0.960. The number of nitrogens with one attached hydrogen (secondary N) is 1. The number of hydrogen-bond donors (Lipinski definition) is 2. The Morgan fingerprint density at radius 3 is 2.75 bits per heavy atom. The van der Waals surface area contributed by atoms with E-state index < -0.39 is 5.60 Å². The average Bonchev–Trinajstić information content (AvgIpc) is 2.71. The van der Waals surface area contributed by atoms with Crippen LogP contribution in [0.2, 0.25) is 0 Å². The van der Waals surface area contributed by atoms with Gasteiger partial charge in [-0.2, -0.15) is 0 Å². The van der Waals surface area contributed by atoms with Gasteiger partial charge in [-0.3, -0.25) is 14.7 Å². The molecule has 0 saturated carbocycles. The molecular weight excluding hydrogens is 354 g/mol. The fraction of sp³-hybridized carbons (Fsp3) is 0.455. The van der Waals surface area contributed by atoms with E-state index in [1.807, 2.05) is 30.3 Å². The lowest BCUT2D eigenvalue weighted by Crippen LogP contribution is -2.38. The number of pyridine rings is 1. The highest BCUT2D eigenvalue weighted by Gasteiger charge is 2.17. The Morgan fingerprint density at radius 2 is 2.00 bits per heavy atom. The van der Waals surface area contributed by atoms with Gasteiger partial charge in [0, 0.05) is 48.7 Å². The van der Waals surface area contributed by atoms with E-state index >= 15 is 0 Å². The first-order chi connectivity index (χ1) is 13.4. The van der Waals surface area contributed by atoms with Crippen molar-refractivity contribution in [1.29, 1.82) is 0 Å². The SMILES string of the molecule is CC(C)(O)c1cncc(-c2cccc(C(=O)NCCCN3CCOCC3)c2)c1. The Labute approximate surface area is 166 Å². The number of aromatic nitrogens is 1. The van der Waals surface area contributed by atoms with Crippen molar-refractivity contribution < 1.29 is 14.6 Å². The summed E-state index contributed by atoms with van der Waals surface area (Å²) in [5.74, 6) is -0.0737. The Kier molecular flexibility index (Phi) is 6.78. The molecule has 1 aliphatic heterocycles. The van der Waals surface area contributed by atoms with E-state index in [1.165, 1.54) is 0 Å². The van der Waals surface area contributed by atoms with Gasteiger partial charge in [-0.15, -0.1) is 0 Å². The van der Waals surface area contributed by atoms with E-state index in [0.717, 1.165) is 56.0 Å². The monoisotopic (exact) mass is 383 g/mol. The van der Waals surface area contributed by atoms with Crippen molar-refractivity contribution in [2.24, 2.45) is 0 Å². The molecule has 0 spiro atoms. The summed E-state index contributed by atoms with van der Waals surface area (Å²) in [5.41, 5.74) is 2.18. The number of ether oxygens (including phenoxy) is 1. The number of aliphatic hydroxyl groups is 1. The molecule has 0 bridgehead atoms. The minimum Gasteiger partial charge on any atom is -0.386 e. The van der Waals surface area contributed by atoms with Gasteiger partial charge in [0.15, 0.2) is 0 Å². The summed E-state index contributed by atoms with van der Waals surface area (Å²) in [6, 6.07) is 9.40. The number of carbonyl (C=O) groups is 1. The first-order valence-electron chi connectivity index (χ1n) is 9.80. The lowest BCUT2D eigenvalue weighted by Gasteiger charge is -2.26. The van der Waals surface area contributed by atoms with Crippen LogP contribution in [-0.2, 0) is 10.3 Å². The molecule has 3 rings (SSSR count). The molecule has 2 aromatic rings. The molecule has 0 atom stereocenters. The highest BCUT2D eigenvalue weighted by Crippen LogP contribution is 2.25. The van der Waals surface area contributed by atoms with Gasteiger partial charge in [-0.25, -0.2) is 0 Å². The average molecular weight is 383 g/mol. The summed E-state index contributed by atoms with van der Waals surface area (Å²) < 4.78 is 5.35. The summed E-state index contributed by atoms with van der Waals surface area (Å²) in [6.07, 6.45) is 4.33. The summed E-state index contributed by atoms with van der Waals surface area (Å²) in [4.78, 5) is 19.1. The van der Waals surface area contributed by atoms with E-state index in [-0.39, 0.29) is 5.91 Å². The van der Waals surface area contributed by atoms with Crippen molar-refractivity contribution in [3.8, 4) is 11.1 Å². The quantitative estimate of drug-likeness (QED) is 0.719. The topological polar surface area (TPSA) is 74.7 Å². The van der Waals surface area contributed by atoms with Crippen LogP contribution in [0.1, 0.15) is 36.2 Å². The predicted octanol–water partition coefficient (Wildman–Crippen LogP) is 2.43. The predicted molar refractivity (Wildman–Crippen MR) is 109 cm³/mol. The van der Waals surface area contributed by atoms with Crippen LogP contribution >= 0.6 is 0 Å². The number of hydrogen-bond acceptors (Lipinski definition) is 5. The standard InChI is InChI=1S/C22H29N3O3/c1-22(2,27)20-14-19(15-23-16-20)17-5-3-6-18(13-17)21(26)24-7-4-8-25-9-11-28-12-10-25/h3,5-6,13-16,27H,4,7-12H2,1-2H3,(H,24,26). The smallest absolute Gasteiger partial charge is 0.251 e. The van der Waals surface area contributed by atoms with E-state index in [2.05, 4.69) is 15.2 Å². The summed E-state index contributed by atoms with van der Waals surface area (Å²) >= 11 is 0. The number of carbonyl (C=O) groups excluding carboxylic acids is 1. The fourth-order valence-electron chi connectivity index (χ4n) is 3.20. The fourth-order valence-corrected chi connectivity index (χ4v) is 3.20. The van der Waals surface area contributed by atoms with Crippen LogP contribution in [-0.4, -0.2) is 60.3 Å². The molecule has 1 aliphatic rings. The maximum atomic E-state index is 12.5. The molecular formula is C22H29N3O3. The van der Waals surface area contributed by atoms with E-state index in [1.54, 1.807) is 26.2 Å². The molecule has 0 unspecified atom stereocenters. The maximum absolute atomic E-state index is 12.5. The minimum absolute atomic E-state index is 0.0737. The number of morpholine rings is 1. The third kappa shape index (κ3) is 5.61. The summed E-state index contributed by atoms with van der Waals surface area (Å²) in [7, 11) is 0. The molecule has 6 nitrogen and oxygen atoms in total. The largest absolute Gasteiger partial charge is 0.386 e. The Morgan fingerprint density at radius 1 is 1.21 bits per heavy atom. The van der Waals surface area contributed by atoms with Gasteiger partial charge >= 0.3 is 0 Å². The molecule has 2 N–H and O–H groups in total. The van der Waals surface area contributed by atoms with Crippen LogP contribution in [0.4, 0.5) is 0 Å².